The molecular weight excluding hydrogens is 172 g/mol. The first-order chi connectivity index (χ1) is 6.24. The Hall–Kier alpha value is -1.42. The summed E-state index contributed by atoms with van der Waals surface area (Å²) in [6, 6.07) is 0. The molecule has 0 aromatic rings. The van der Waals surface area contributed by atoms with E-state index in [2.05, 4.69) is 10.0 Å². The van der Waals surface area contributed by atoms with E-state index in [1.165, 1.54) is 0 Å². The van der Waals surface area contributed by atoms with E-state index in [0.29, 0.717) is 6.54 Å². The monoisotopic (exact) mass is 184 g/mol. The fourth-order valence-electron chi connectivity index (χ4n) is 1.66. The first kappa shape index (κ1) is 9.67. The lowest BCUT2D eigenvalue weighted by Crippen LogP contribution is -2.27. The summed E-state index contributed by atoms with van der Waals surface area (Å²) >= 11 is 0. The van der Waals surface area contributed by atoms with E-state index in [-0.39, 0.29) is 12.0 Å². The van der Waals surface area contributed by atoms with Crippen LogP contribution in [0.25, 0.3) is 10.4 Å². The molecule has 0 aromatic carbocycles. The molecule has 1 saturated carbocycles. The van der Waals surface area contributed by atoms with Crippen LogP contribution < -0.4 is 5.73 Å². The number of ether oxygens (including phenoxy) is 1. The number of carbonyl (C=O) groups excluding carboxylic acids is 1. The van der Waals surface area contributed by atoms with Crippen LogP contribution in [0.2, 0.25) is 0 Å². The molecule has 1 amide bonds. The Morgan fingerprint density at radius 1 is 1.69 bits per heavy atom. The topological polar surface area (TPSA) is 101 Å². The van der Waals surface area contributed by atoms with Gasteiger partial charge in [0, 0.05) is 17.4 Å². The molecule has 0 spiro atoms. The lowest BCUT2D eigenvalue weighted by atomic mass is 10.1. The third-order valence-corrected chi connectivity index (χ3v) is 2.24. The summed E-state index contributed by atoms with van der Waals surface area (Å²) in [5.74, 6) is 0.142. The van der Waals surface area contributed by atoms with Gasteiger partial charge in [0.15, 0.2) is 0 Å². The van der Waals surface area contributed by atoms with Gasteiger partial charge in [0.25, 0.3) is 0 Å². The van der Waals surface area contributed by atoms with Crippen molar-refractivity contribution in [3.05, 3.63) is 10.4 Å². The molecule has 0 heterocycles. The molecule has 1 aliphatic rings. The van der Waals surface area contributed by atoms with Crippen LogP contribution >= 0.6 is 0 Å². The van der Waals surface area contributed by atoms with E-state index < -0.39 is 6.09 Å². The summed E-state index contributed by atoms with van der Waals surface area (Å²) in [7, 11) is 0. The lowest BCUT2D eigenvalue weighted by molar-refractivity contribution is 0.0855. The Bertz CT molecular complexity index is 227. The van der Waals surface area contributed by atoms with Crippen LogP contribution in [0.15, 0.2) is 5.11 Å². The van der Waals surface area contributed by atoms with Gasteiger partial charge < -0.3 is 10.5 Å². The van der Waals surface area contributed by atoms with Gasteiger partial charge in [0.2, 0.25) is 0 Å². The number of hydrogen-bond donors (Lipinski definition) is 1. The molecule has 2 N–H and O–H groups in total. The Kier molecular flexibility index (Phi) is 3.40. The van der Waals surface area contributed by atoms with E-state index in [4.69, 9.17) is 16.0 Å². The molecule has 6 heteroatoms. The molecular formula is C7H12N4O2. The molecule has 0 aliphatic heterocycles. The van der Waals surface area contributed by atoms with Gasteiger partial charge in [0.05, 0.1) is 0 Å². The first-order valence-electron chi connectivity index (χ1n) is 4.21. The molecule has 0 unspecified atom stereocenters. The number of amides is 1. The predicted molar refractivity (Wildman–Crippen MR) is 45.8 cm³/mol. The number of hydrogen-bond acceptors (Lipinski definition) is 3. The van der Waals surface area contributed by atoms with Crippen LogP contribution in [0.1, 0.15) is 19.3 Å². The van der Waals surface area contributed by atoms with Crippen molar-refractivity contribution in [3.8, 4) is 0 Å². The quantitative estimate of drug-likeness (QED) is 0.408. The molecule has 13 heavy (non-hydrogen) atoms. The van der Waals surface area contributed by atoms with Crippen molar-refractivity contribution in [3.63, 3.8) is 0 Å². The molecule has 1 aliphatic carbocycles. The molecule has 0 saturated heterocycles. The van der Waals surface area contributed by atoms with E-state index in [0.717, 1.165) is 19.3 Å². The van der Waals surface area contributed by atoms with Crippen LogP contribution in [0.3, 0.4) is 0 Å². The summed E-state index contributed by atoms with van der Waals surface area (Å²) in [6.07, 6.45) is 1.82. The minimum atomic E-state index is -0.752. The fourth-order valence-corrected chi connectivity index (χ4v) is 1.66. The van der Waals surface area contributed by atoms with Crippen molar-refractivity contribution in [2.45, 2.75) is 25.4 Å². The van der Waals surface area contributed by atoms with Crippen molar-refractivity contribution in [1.82, 2.24) is 0 Å². The minimum absolute atomic E-state index is 0.142. The highest BCUT2D eigenvalue weighted by Crippen LogP contribution is 2.28. The average Bonchev–Trinajstić information content (AvgIpc) is 2.48. The number of azide groups is 1. The Balaban J connectivity index is 2.43. The van der Waals surface area contributed by atoms with Crippen molar-refractivity contribution in [2.24, 2.45) is 16.8 Å². The molecule has 6 nitrogen and oxygen atoms in total. The summed E-state index contributed by atoms with van der Waals surface area (Å²) in [6.45, 7) is 0.383. The van der Waals surface area contributed by atoms with Crippen LogP contribution in [0, 0.1) is 5.92 Å². The van der Waals surface area contributed by atoms with Crippen LogP contribution in [-0.2, 0) is 4.74 Å². The highest BCUT2D eigenvalue weighted by molar-refractivity contribution is 5.64. The third-order valence-electron chi connectivity index (χ3n) is 2.24. The van der Waals surface area contributed by atoms with Gasteiger partial charge in [0.1, 0.15) is 6.10 Å². The van der Waals surface area contributed by atoms with E-state index >= 15 is 0 Å². The van der Waals surface area contributed by atoms with Crippen LogP contribution in [0.4, 0.5) is 4.79 Å². The number of primary amides is 1. The molecule has 1 fully saturated rings. The maximum Gasteiger partial charge on any atom is 0.404 e. The van der Waals surface area contributed by atoms with E-state index in [9.17, 15) is 4.79 Å². The first-order valence-corrected chi connectivity index (χ1v) is 4.21. The highest BCUT2D eigenvalue weighted by Gasteiger charge is 2.29. The van der Waals surface area contributed by atoms with E-state index in [1.807, 2.05) is 0 Å². The summed E-state index contributed by atoms with van der Waals surface area (Å²) in [5, 5.41) is 3.46. The largest absolute Gasteiger partial charge is 0.446 e. The van der Waals surface area contributed by atoms with Gasteiger partial charge in [-0.05, 0) is 24.8 Å². The zero-order chi connectivity index (χ0) is 9.68. The minimum Gasteiger partial charge on any atom is -0.446 e. The summed E-state index contributed by atoms with van der Waals surface area (Å²) < 4.78 is 4.88. The second-order valence-electron chi connectivity index (χ2n) is 3.08. The zero-order valence-electron chi connectivity index (χ0n) is 7.22. The molecule has 2 atom stereocenters. The van der Waals surface area contributed by atoms with Gasteiger partial charge in [-0.25, -0.2) is 4.79 Å². The van der Waals surface area contributed by atoms with Crippen LogP contribution in [-0.4, -0.2) is 18.7 Å². The molecule has 72 valence electrons. The number of nitrogens with two attached hydrogens (primary N) is 1. The maximum absolute atomic E-state index is 10.5. The maximum atomic E-state index is 10.5. The van der Waals surface area contributed by atoms with Gasteiger partial charge in [-0.1, -0.05) is 5.11 Å². The van der Waals surface area contributed by atoms with Gasteiger partial charge >= 0.3 is 6.09 Å². The van der Waals surface area contributed by atoms with Crippen molar-refractivity contribution in [2.75, 3.05) is 6.54 Å². The fraction of sp³-hybridized carbons (Fsp3) is 0.857. The van der Waals surface area contributed by atoms with Crippen molar-refractivity contribution < 1.29 is 9.53 Å². The van der Waals surface area contributed by atoms with Crippen molar-refractivity contribution >= 4 is 6.09 Å². The Labute approximate surface area is 75.7 Å². The van der Waals surface area contributed by atoms with Crippen molar-refractivity contribution in [1.29, 1.82) is 0 Å². The number of nitrogens with zero attached hydrogens (tertiary/aromatic N) is 3. The zero-order valence-corrected chi connectivity index (χ0v) is 7.22. The van der Waals surface area contributed by atoms with Gasteiger partial charge in [-0.3, -0.25) is 0 Å². The lowest BCUT2D eigenvalue weighted by Gasteiger charge is -2.16. The molecule has 1 rings (SSSR count). The third kappa shape index (κ3) is 2.83. The van der Waals surface area contributed by atoms with Gasteiger partial charge in [-0.2, -0.15) is 0 Å². The average molecular weight is 184 g/mol. The Morgan fingerprint density at radius 2 is 2.46 bits per heavy atom. The second-order valence-corrected chi connectivity index (χ2v) is 3.08. The second kappa shape index (κ2) is 4.57. The standard InChI is InChI=1S/C7H12N4O2/c8-7(12)13-6-3-1-2-5(6)4-10-11-9/h5-6H,1-4H2,(H2,8,12)/t5-,6+/m1/s1. The smallest absolute Gasteiger partial charge is 0.404 e. The SMILES string of the molecule is [N-]=[N+]=NC[C@H]1CCC[C@@H]1OC(N)=O. The summed E-state index contributed by atoms with van der Waals surface area (Å²) in [4.78, 5) is 13.1. The number of rotatable bonds is 3. The Morgan fingerprint density at radius 3 is 3.08 bits per heavy atom. The molecule has 0 aromatic heterocycles. The molecule has 0 bridgehead atoms. The number of carbonyl (C=O) groups is 1. The summed E-state index contributed by atoms with van der Waals surface area (Å²) in [5.41, 5.74) is 13.0. The molecule has 0 radical (unpaired) electrons. The van der Waals surface area contributed by atoms with Gasteiger partial charge in [-0.15, -0.1) is 0 Å². The normalized spacial score (nSPS) is 26.5. The van der Waals surface area contributed by atoms with E-state index in [1.54, 1.807) is 0 Å². The predicted octanol–water partition coefficient (Wildman–Crippen LogP) is 1.56. The highest BCUT2D eigenvalue weighted by atomic mass is 16.6. The van der Waals surface area contributed by atoms with Crippen LogP contribution in [0.5, 0.6) is 0 Å².